The summed E-state index contributed by atoms with van der Waals surface area (Å²) < 4.78 is 15.7. The maximum atomic E-state index is 12.7. The van der Waals surface area contributed by atoms with Gasteiger partial charge in [-0.15, -0.1) is 0 Å². The van der Waals surface area contributed by atoms with E-state index in [4.69, 9.17) is 14.2 Å². The van der Waals surface area contributed by atoms with Crippen molar-refractivity contribution < 1.29 is 28.6 Å². The molecule has 1 aromatic heterocycles. The van der Waals surface area contributed by atoms with Gasteiger partial charge in [0.2, 0.25) is 0 Å². The Kier molecular flexibility index (Phi) is 8.13. The summed E-state index contributed by atoms with van der Waals surface area (Å²) in [5, 5.41) is 6.06. The first-order valence-corrected chi connectivity index (χ1v) is 10.5. The number of hydrogen-bond acceptors (Lipinski definition) is 6. The van der Waals surface area contributed by atoms with Crippen LogP contribution in [0.1, 0.15) is 47.1 Å². The van der Waals surface area contributed by atoms with E-state index in [0.29, 0.717) is 0 Å². The first-order chi connectivity index (χ1) is 14.8. The molecule has 1 atom stereocenters. The molecular weight excluding hydrogens is 414 g/mol. The van der Waals surface area contributed by atoms with E-state index < -0.39 is 35.4 Å². The van der Waals surface area contributed by atoms with Crippen molar-refractivity contribution in [3.8, 4) is 0 Å². The van der Waals surface area contributed by atoms with Gasteiger partial charge in [-0.3, -0.25) is 0 Å². The Morgan fingerprint density at radius 3 is 2.25 bits per heavy atom. The van der Waals surface area contributed by atoms with Crippen molar-refractivity contribution in [2.24, 2.45) is 0 Å². The summed E-state index contributed by atoms with van der Waals surface area (Å²) in [5.74, 6) is -0.632. The molecule has 32 heavy (non-hydrogen) atoms. The molecule has 2 amide bonds. The summed E-state index contributed by atoms with van der Waals surface area (Å²) in [6, 6.07) is 6.70. The molecule has 2 aromatic rings. The van der Waals surface area contributed by atoms with Crippen molar-refractivity contribution in [1.82, 2.24) is 15.6 Å². The zero-order valence-corrected chi connectivity index (χ0v) is 19.5. The smallest absolute Gasteiger partial charge is 0.408 e. The van der Waals surface area contributed by atoms with Crippen LogP contribution in [-0.2, 0) is 25.4 Å². The normalized spacial score (nSPS) is 12.7. The number of nitrogens with one attached hydrogen (secondary N) is 3. The number of ether oxygens (including phenoxy) is 3. The zero-order valence-electron chi connectivity index (χ0n) is 19.5. The minimum Gasteiger partial charge on any atom is -0.462 e. The quantitative estimate of drug-likeness (QED) is 0.339. The van der Waals surface area contributed by atoms with Crippen LogP contribution >= 0.6 is 0 Å². The fourth-order valence-electron chi connectivity index (χ4n) is 2.88. The van der Waals surface area contributed by atoms with Crippen LogP contribution in [0.5, 0.6) is 0 Å². The molecule has 2 rings (SSSR count). The van der Waals surface area contributed by atoms with Crippen molar-refractivity contribution in [3.63, 3.8) is 0 Å². The number of carbonyl (C=O) groups is 3. The number of alkyl carbamates (subject to hydrolysis) is 2. The Bertz CT molecular complexity index is 939. The van der Waals surface area contributed by atoms with Crippen LogP contribution < -0.4 is 10.6 Å². The van der Waals surface area contributed by atoms with Gasteiger partial charge in [-0.2, -0.15) is 0 Å². The van der Waals surface area contributed by atoms with Crippen LogP contribution in [0, 0.1) is 0 Å². The highest BCUT2D eigenvalue weighted by molar-refractivity contribution is 5.86. The van der Waals surface area contributed by atoms with Gasteiger partial charge in [0.15, 0.2) is 0 Å². The van der Waals surface area contributed by atoms with Crippen LogP contribution in [0.4, 0.5) is 9.59 Å². The van der Waals surface area contributed by atoms with E-state index >= 15 is 0 Å². The first-order valence-electron chi connectivity index (χ1n) is 10.5. The number of esters is 1. The number of rotatable bonds is 7. The Morgan fingerprint density at radius 1 is 0.969 bits per heavy atom. The number of benzene rings is 1. The van der Waals surface area contributed by atoms with E-state index in [-0.39, 0.29) is 19.6 Å². The van der Waals surface area contributed by atoms with Crippen molar-refractivity contribution in [3.05, 3.63) is 36.0 Å². The maximum Gasteiger partial charge on any atom is 0.408 e. The summed E-state index contributed by atoms with van der Waals surface area (Å²) in [7, 11) is 0. The number of carbonyl (C=O) groups excluding carboxylic acids is 3. The van der Waals surface area contributed by atoms with Gasteiger partial charge >= 0.3 is 18.2 Å². The highest BCUT2D eigenvalue weighted by Crippen LogP contribution is 2.19. The number of hydrogen-bond donors (Lipinski definition) is 3. The molecule has 0 radical (unpaired) electrons. The van der Waals surface area contributed by atoms with Crippen LogP contribution in [0.15, 0.2) is 30.5 Å². The maximum absolute atomic E-state index is 12.7. The molecule has 0 spiro atoms. The molecule has 0 fully saturated rings. The third-order valence-electron chi connectivity index (χ3n) is 4.09. The summed E-state index contributed by atoms with van der Waals surface area (Å²) in [5.41, 5.74) is 0.443. The van der Waals surface area contributed by atoms with Gasteiger partial charge in [-0.05, 0) is 53.2 Å². The van der Waals surface area contributed by atoms with E-state index in [2.05, 4.69) is 15.6 Å². The lowest BCUT2D eigenvalue weighted by Gasteiger charge is -2.23. The van der Waals surface area contributed by atoms with Crippen molar-refractivity contribution in [1.29, 1.82) is 0 Å². The van der Waals surface area contributed by atoms with E-state index in [9.17, 15) is 14.4 Å². The van der Waals surface area contributed by atoms with Crippen molar-refractivity contribution >= 4 is 29.1 Å². The lowest BCUT2D eigenvalue weighted by molar-refractivity contribution is -0.146. The topological polar surface area (TPSA) is 119 Å². The predicted molar refractivity (Wildman–Crippen MR) is 120 cm³/mol. The number of aromatic amines is 1. The van der Waals surface area contributed by atoms with Crippen LogP contribution in [0.3, 0.4) is 0 Å². The number of para-hydroxylation sites is 1. The fraction of sp³-hybridized carbons (Fsp3) is 0.522. The number of amides is 2. The van der Waals surface area contributed by atoms with Crippen LogP contribution in [0.25, 0.3) is 10.9 Å². The van der Waals surface area contributed by atoms with E-state index in [0.717, 1.165) is 16.5 Å². The lowest BCUT2D eigenvalue weighted by Crippen LogP contribution is -2.46. The standard InChI is InChI=1S/C23H33N3O6/c1-22(2,3)31-20(28)24-11-12-30-19(27)18(26-21(29)32-23(4,5)6)13-15-14-25-17-10-8-7-9-16(15)17/h7-10,14,18,25H,11-13H2,1-6H3,(H,24,28)(H,26,29)/t18-/m0/s1. The van der Waals surface area contributed by atoms with Crippen LogP contribution in [0.2, 0.25) is 0 Å². The van der Waals surface area contributed by atoms with E-state index in [1.54, 1.807) is 47.7 Å². The lowest BCUT2D eigenvalue weighted by atomic mass is 10.1. The Labute approximate surface area is 188 Å². The second kappa shape index (κ2) is 10.4. The third-order valence-corrected chi connectivity index (χ3v) is 4.09. The molecule has 0 aliphatic heterocycles. The number of aromatic nitrogens is 1. The molecular formula is C23H33N3O6. The van der Waals surface area contributed by atoms with Gasteiger partial charge in [0, 0.05) is 23.5 Å². The predicted octanol–water partition coefficient (Wildman–Crippen LogP) is 3.67. The number of H-pyrrole nitrogens is 1. The highest BCUT2D eigenvalue weighted by atomic mass is 16.6. The summed E-state index contributed by atoms with van der Waals surface area (Å²) in [6.45, 7) is 10.5. The molecule has 9 nitrogen and oxygen atoms in total. The Morgan fingerprint density at radius 2 is 1.59 bits per heavy atom. The zero-order chi connectivity index (χ0) is 23.9. The van der Waals surface area contributed by atoms with Crippen LogP contribution in [-0.4, -0.2) is 53.5 Å². The van der Waals surface area contributed by atoms with E-state index in [1.807, 2.05) is 24.3 Å². The molecule has 3 N–H and O–H groups in total. The van der Waals surface area contributed by atoms with Gasteiger partial charge < -0.3 is 29.8 Å². The molecule has 0 bridgehead atoms. The van der Waals surface area contributed by atoms with Gasteiger partial charge in [0.05, 0.1) is 6.54 Å². The van der Waals surface area contributed by atoms with Gasteiger partial charge in [-0.25, -0.2) is 14.4 Å². The second-order valence-electron chi connectivity index (χ2n) is 9.36. The molecule has 0 aliphatic rings. The molecule has 1 heterocycles. The molecule has 0 saturated heterocycles. The minimum absolute atomic E-state index is 0.0710. The molecule has 0 aliphatic carbocycles. The SMILES string of the molecule is CC(C)(C)OC(=O)NCCOC(=O)[C@H](Cc1c[nH]c2ccccc12)NC(=O)OC(C)(C)C. The summed E-state index contributed by atoms with van der Waals surface area (Å²) in [6.07, 6.45) is 0.690. The largest absolute Gasteiger partial charge is 0.462 e. The third kappa shape index (κ3) is 8.49. The van der Waals surface area contributed by atoms with Gasteiger partial charge in [-0.1, -0.05) is 18.2 Å². The molecule has 0 saturated carbocycles. The average molecular weight is 448 g/mol. The summed E-state index contributed by atoms with van der Waals surface area (Å²) >= 11 is 0. The monoisotopic (exact) mass is 447 g/mol. The van der Waals surface area contributed by atoms with E-state index in [1.165, 1.54) is 0 Å². The molecule has 176 valence electrons. The van der Waals surface area contributed by atoms with Crippen molar-refractivity contribution in [2.75, 3.05) is 13.2 Å². The molecule has 0 unspecified atom stereocenters. The average Bonchev–Trinajstić information content (AvgIpc) is 3.04. The first kappa shape index (κ1) is 25.0. The Balaban J connectivity index is 2.01. The molecule has 9 heteroatoms. The van der Waals surface area contributed by atoms with Crippen molar-refractivity contribution in [2.45, 2.75) is 65.2 Å². The number of fused-ring (bicyclic) bond motifs is 1. The second-order valence-corrected chi connectivity index (χ2v) is 9.36. The highest BCUT2D eigenvalue weighted by Gasteiger charge is 2.27. The minimum atomic E-state index is -0.967. The Hall–Kier alpha value is -3.23. The summed E-state index contributed by atoms with van der Waals surface area (Å²) in [4.78, 5) is 39.9. The van der Waals surface area contributed by atoms with Gasteiger partial charge in [0.25, 0.3) is 0 Å². The van der Waals surface area contributed by atoms with Gasteiger partial charge in [0.1, 0.15) is 23.9 Å². The molecule has 1 aromatic carbocycles. The fourth-order valence-corrected chi connectivity index (χ4v) is 2.88.